The molecule has 0 saturated carbocycles. The molecule has 1 atom stereocenters. The number of nitrogens with zero attached hydrogens (tertiary/aromatic N) is 2. The van der Waals surface area contributed by atoms with Crippen LogP contribution in [0.3, 0.4) is 0 Å². The fourth-order valence-corrected chi connectivity index (χ4v) is 4.83. The Morgan fingerprint density at radius 1 is 1.03 bits per heavy atom. The quantitative estimate of drug-likeness (QED) is 0.469. The number of amides is 2. The van der Waals surface area contributed by atoms with Crippen LogP contribution < -0.4 is 9.62 Å². The summed E-state index contributed by atoms with van der Waals surface area (Å²) in [5, 5.41) is 3.86. The minimum atomic E-state index is -3.80. The van der Waals surface area contributed by atoms with Crippen LogP contribution in [-0.2, 0) is 26.2 Å². The van der Waals surface area contributed by atoms with Crippen LogP contribution >= 0.6 is 23.2 Å². The van der Waals surface area contributed by atoms with Crippen LogP contribution in [-0.4, -0.2) is 50.5 Å². The SMILES string of the molecule is CCCNC(=O)[C@H](CC)N(Cc1ccc(Cl)cc1)C(=O)CN(c1ccc(Cl)cc1C)S(C)(=O)=O. The zero-order valence-corrected chi connectivity index (χ0v) is 22.2. The highest BCUT2D eigenvalue weighted by Crippen LogP contribution is 2.26. The van der Waals surface area contributed by atoms with Crippen molar-refractivity contribution in [3.05, 3.63) is 63.6 Å². The third kappa shape index (κ3) is 7.61. The van der Waals surface area contributed by atoms with Crippen LogP contribution in [0.1, 0.15) is 37.8 Å². The van der Waals surface area contributed by atoms with Gasteiger partial charge in [0.25, 0.3) is 0 Å². The summed E-state index contributed by atoms with van der Waals surface area (Å²) < 4.78 is 26.4. The van der Waals surface area contributed by atoms with E-state index in [1.807, 2.05) is 13.8 Å². The molecule has 0 aromatic heterocycles. The van der Waals surface area contributed by atoms with Gasteiger partial charge in [0, 0.05) is 23.1 Å². The van der Waals surface area contributed by atoms with E-state index >= 15 is 0 Å². The number of hydrogen-bond donors (Lipinski definition) is 1. The molecule has 10 heteroatoms. The van der Waals surface area contributed by atoms with Gasteiger partial charge < -0.3 is 10.2 Å². The molecular formula is C24H31Cl2N3O4S. The van der Waals surface area contributed by atoms with Crippen molar-refractivity contribution in [3.63, 3.8) is 0 Å². The van der Waals surface area contributed by atoms with E-state index in [4.69, 9.17) is 23.2 Å². The first-order valence-corrected chi connectivity index (χ1v) is 13.6. The predicted octanol–water partition coefficient (Wildman–Crippen LogP) is 4.40. The monoisotopic (exact) mass is 527 g/mol. The Labute approximate surface area is 212 Å². The molecule has 2 aromatic rings. The second-order valence-electron chi connectivity index (χ2n) is 8.06. The largest absolute Gasteiger partial charge is 0.354 e. The minimum absolute atomic E-state index is 0.130. The fraction of sp³-hybridized carbons (Fsp3) is 0.417. The molecule has 2 amide bonds. The Morgan fingerprint density at radius 2 is 1.65 bits per heavy atom. The number of hydrogen-bond acceptors (Lipinski definition) is 4. The van der Waals surface area contributed by atoms with Gasteiger partial charge in [-0.3, -0.25) is 13.9 Å². The van der Waals surface area contributed by atoms with E-state index < -0.39 is 28.5 Å². The molecule has 2 aromatic carbocycles. The Balaban J connectivity index is 2.44. The standard InChI is InChI=1S/C24H31Cl2N3O4S/c1-5-13-27-24(31)21(6-2)28(15-18-7-9-19(25)10-8-18)23(30)16-29(34(4,32)33)22-12-11-20(26)14-17(22)3/h7-12,14,21H,5-6,13,15-16H2,1-4H3,(H,27,31)/t21-/m0/s1. The summed E-state index contributed by atoms with van der Waals surface area (Å²) in [6.45, 7) is 5.64. The average Bonchev–Trinajstić information content (AvgIpc) is 2.76. The summed E-state index contributed by atoms with van der Waals surface area (Å²) in [5.41, 5.74) is 1.74. The van der Waals surface area contributed by atoms with Gasteiger partial charge in [0.2, 0.25) is 21.8 Å². The van der Waals surface area contributed by atoms with Gasteiger partial charge in [-0.2, -0.15) is 0 Å². The Bertz CT molecular complexity index is 1110. The maximum Gasteiger partial charge on any atom is 0.244 e. The lowest BCUT2D eigenvalue weighted by atomic mass is 10.1. The van der Waals surface area contributed by atoms with Crippen LogP contribution in [0.4, 0.5) is 5.69 Å². The van der Waals surface area contributed by atoms with E-state index in [9.17, 15) is 18.0 Å². The molecule has 0 aliphatic heterocycles. The van der Waals surface area contributed by atoms with E-state index in [1.165, 1.54) is 4.90 Å². The summed E-state index contributed by atoms with van der Waals surface area (Å²) in [6, 6.07) is 11.0. The molecule has 0 aliphatic rings. The van der Waals surface area contributed by atoms with E-state index in [1.54, 1.807) is 49.4 Å². The average molecular weight is 529 g/mol. The number of nitrogens with one attached hydrogen (secondary N) is 1. The summed E-state index contributed by atoms with van der Waals surface area (Å²) >= 11 is 12.0. The van der Waals surface area contributed by atoms with E-state index in [-0.39, 0.29) is 12.5 Å². The maximum absolute atomic E-state index is 13.6. The second kappa shape index (κ2) is 12.4. The first-order valence-electron chi connectivity index (χ1n) is 11.0. The number of rotatable bonds is 11. The number of halogens is 2. The second-order valence-corrected chi connectivity index (χ2v) is 10.8. The van der Waals surface area contributed by atoms with Gasteiger partial charge in [0.05, 0.1) is 11.9 Å². The molecular weight excluding hydrogens is 497 g/mol. The molecule has 186 valence electrons. The van der Waals surface area contributed by atoms with Crippen molar-refractivity contribution in [1.82, 2.24) is 10.2 Å². The smallest absolute Gasteiger partial charge is 0.244 e. The molecule has 0 heterocycles. The van der Waals surface area contributed by atoms with Crippen molar-refractivity contribution in [3.8, 4) is 0 Å². The lowest BCUT2D eigenvalue weighted by Crippen LogP contribution is -2.52. The molecule has 0 bridgehead atoms. The first kappa shape index (κ1) is 28.0. The third-order valence-electron chi connectivity index (χ3n) is 5.31. The molecule has 1 N–H and O–H groups in total. The molecule has 2 rings (SSSR count). The maximum atomic E-state index is 13.6. The molecule has 0 fully saturated rings. The highest BCUT2D eigenvalue weighted by Gasteiger charge is 2.32. The van der Waals surface area contributed by atoms with Gasteiger partial charge in [-0.25, -0.2) is 8.42 Å². The lowest BCUT2D eigenvalue weighted by molar-refractivity contribution is -0.140. The van der Waals surface area contributed by atoms with Gasteiger partial charge in [-0.1, -0.05) is 49.2 Å². The lowest BCUT2D eigenvalue weighted by Gasteiger charge is -2.33. The van der Waals surface area contributed by atoms with Gasteiger partial charge in [-0.05, 0) is 61.2 Å². The first-order chi connectivity index (χ1) is 16.0. The Morgan fingerprint density at radius 3 is 2.18 bits per heavy atom. The molecule has 0 aliphatic carbocycles. The van der Waals surface area contributed by atoms with Gasteiger partial charge in [0.15, 0.2) is 0 Å². The highest BCUT2D eigenvalue weighted by atomic mass is 35.5. The topological polar surface area (TPSA) is 86.8 Å². The van der Waals surface area contributed by atoms with E-state index in [0.29, 0.717) is 34.3 Å². The molecule has 0 saturated heterocycles. The van der Waals surface area contributed by atoms with Crippen LogP contribution in [0.5, 0.6) is 0 Å². The summed E-state index contributed by atoms with van der Waals surface area (Å²) in [5.74, 6) is -0.770. The zero-order chi connectivity index (χ0) is 25.5. The number of carbonyl (C=O) groups excluding carboxylic acids is 2. The predicted molar refractivity (Wildman–Crippen MR) is 138 cm³/mol. The van der Waals surface area contributed by atoms with Crippen LogP contribution in [0, 0.1) is 6.92 Å². The number of sulfonamides is 1. The minimum Gasteiger partial charge on any atom is -0.354 e. The number of carbonyl (C=O) groups is 2. The summed E-state index contributed by atoms with van der Waals surface area (Å²) in [6.07, 6.45) is 2.17. The third-order valence-corrected chi connectivity index (χ3v) is 6.92. The highest BCUT2D eigenvalue weighted by molar-refractivity contribution is 7.92. The fourth-order valence-electron chi connectivity index (χ4n) is 3.57. The zero-order valence-electron chi connectivity index (χ0n) is 19.8. The number of aryl methyl sites for hydroxylation is 1. The number of benzene rings is 2. The normalized spacial score (nSPS) is 12.2. The van der Waals surface area contributed by atoms with Crippen molar-refractivity contribution >= 4 is 50.7 Å². The number of anilines is 1. The van der Waals surface area contributed by atoms with Crippen molar-refractivity contribution in [1.29, 1.82) is 0 Å². The molecule has 34 heavy (non-hydrogen) atoms. The molecule has 7 nitrogen and oxygen atoms in total. The van der Waals surface area contributed by atoms with Crippen molar-refractivity contribution in [2.75, 3.05) is 23.7 Å². The van der Waals surface area contributed by atoms with E-state index in [0.717, 1.165) is 22.5 Å². The van der Waals surface area contributed by atoms with E-state index in [2.05, 4.69) is 5.32 Å². The van der Waals surface area contributed by atoms with Crippen molar-refractivity contribution < 1.29 is 18.0 Å². The van der Waals surface area contributed by atoms with Crippen molar-refractivity contribution in [2.45, 2.75) is 46.2 Å². The van der Waals surface area contributed by atoms with Gasteiger partial charge in [0.1, 0.15) is 12.6 Å². The Hall–Kier alpha value is -2.29. The Kier molecular flexibility index (Phi) is 10.2. The van der Waals surface area contributed by atoms with Crippen LogP contribution in [0.15, 0.2) is 42.5 Å². The summed E-state index contributed by atoms with van der Waals surface area (Å²) in [4.78, 5) is 27.9. The van der Waals surface area contributed by atoms with Gasteiger partial charge in [-0.15, -0.1) is 0 Å². The molecule has 0 spiro atoms. The summed E-state index contributed by atoms with van der Waals surface area (Å²) in [7, 11) is -3.80. The molecule has 0 radical (unpaired) electrons. The van der Waals surface area contributed by atoms with Crippen molar-refractivity contribution in [2.24, 2.45) is 0 Å². The van der Waals surface area contributed by atoms with Crippen LogP contribution in [0.2, 0.25) is 10.0 Å². The van der Waals surface area contributed by atoms with Gasteiger partial charge >= 0.3 is 0 Å². The van der Waals surface area contributed by atoms with Crippen LogP contribution in [0.25, 0.3) is 0 Å². The molecule has 0 unspecified atom stereocenters.